The van der Waals surface area contributed by atoms with Crippen molar-refractivity contribution in [3.05, 3.63) is 34.9 Å². The van der Waals surface area contributed by atoms with E-state index in [-0.39, 0.29) is 35.8 Å². The minimum Gasteiger partial charge on any atom is -0.353 e. The van der Waals surface area contributed by atoms with Gasteiger partial charge in [-0.05, 0) is 55.7 Å². The van der Waals surface area contributed by atoms with E-state index in [1.807, 2.05) is 13.8 Å². The maximum Gasteiger partial charge on any atom is 0.416 e. The third-order valence-corrected chi connectivity index (χ3v) is 6.50. The van der Waals surface area contributed by atoms with Crippen molar-refractivity contribution >= 4 is 11.8 Å². The van der Waals surface area contributed by atoms with Crippen LogP contribution >= 0.6 is 0 Å². The monoisotopic (exact) mass is 450 g/mol. The van der Waals surface area contributed by atoms with E-state index in [4.69, 9.17) is 0 Å². The predicted octanol–water partition coefficient (Wildman–Crippen LogP) is 4.78. The molecule has 2 N–H and O–H groups in total. The number of amides is 2. The maximum atomic E-state index is 13.0. The molecular weight excluding hydrogens is 426 g/mol. The number of fused-ring (bicyclic) bond motifs is 1. The van der Waals surface area contributed by atoms with E-state index in [1.165, 1.54) is 0 Å². The zero-order valence-electron chi connectivity index (χ0n) is 17.0. The minimum absolute atomic E-state index is 0.00885. The summed E-state index contributed by atoms with van der Waals surface area (Å²) in [6, 6.07) is 0.198. The highest BCUT2D eigenvalue weighted by Crippen LogP contribution is 2.39. The van der Waals surface area contributed by atoms with E-state index in [0.717, 1.165) is 0 Å². The largest absolute Gasteiger partial charge is 0.416 e. The van der Waals surface area contributed by atoms with Crippen molar-refractivity contribution in [2.24, 2.45) is 17.8 Å². The first-order valence-electron chi connectivity index (χ1n) is 10.2. The van der Waals surface area contributed by atoms with Crippen molar-refractivity contribution in [1.29, 1.82) is 0 Å². The van der Waals surface area contributed by atoms with E-state index in [9.17, 15) is 35.9 Å². The molecule has 2 amide bonds. The highest BCUT2D eigenvalue weighted by Gasteiger charge is 2.44. The molecule has 1 heterocycles. The molecule has 31 heavy (non-hydrogen) atoms. The second kappa shape index (κ2) is 8.35. The zero-order valence-corrected chi connectivity index (χ0v) is 17.0. The number of piperidine rings is 1. The van der Waals surface area contributed by atoms with Gasteiger partial charge in [0.25, 0.3) is 5.91 Å². The first-order valence-corrected chi connectivity index (χ1v) is 10.2. The summed E-state index contributed by atoms with van der Waals surface area (Å²) < 4.78 is 78.2. The lowest BCUT2D eigenvalue weighted by Crippen LogP contribution is -2.58. The van der Waals surface area contributed by atoms with E-state index in [0.29, 0.717) is 37.8 Å². The SMILES string of the molecule is CCC1C(=O)NC2CC(NC(=O)c3cc(C(F)(F)F)cc(C(F)(F)F)c3)CCC2C1C. The van der Waals surface area contributed by atoms with Crippen LogP contribution in [0.25, 0.3) is 0 Å². The van der Waals surface area contributed by atoms with E-state index >= 15 is 0 Å². The molecule has 2 aliphatic rings. The van der Waals surface area contributed by atoms with Gasteiger partial charge in [0.1, 0.15) is 0 Å². The number of hydrogen-bond donors (Lipinski definition) is 2. The van der Waals surface area contributed by atoms with Crippen LogP contribution in [0.15, 0.2) is 18.2 Å². The quantitative estimate of drug-likeness (QED) is 0.651. The summed E-state index contributed by atoms with van der Waals surface area (Å²) in [5, 5.41) is 5.52. The van der Waals surface area contributed by atoms with E-state index in [1.54, 1.807) is 0 Å². The van der Waals surface area contributed by atoms with Crippen LogP contribution < -0.4 is 10.6 Å². The lowest BCUT2D eigenvalue weighted by molar-refractivity contribution is -0.143. The summed E-state index contributed by atoms with van der Waals surface area (Å²) >= 11 is 0. The molecule has 0 bridgehead atoms. The van der Waals surface area contributed by atoms with Crippen LogP contribution in [0.3, 0.4) is 0 Å². The van der Waals surface area contributed by atoms with E-state index < -0.39 is 41.0 Å². The van der Waals surface area contributed by atoms with E-state index in [2.05, 4.69) is 10.6 Å². The number of hydrogen-bond acceptors (Lipinski definition) is 2. The molecular formula is C21H24F6N2O2. The fourth-order valence-electron chi connectivity index (χ4n) is 4.86. The fraction of sp³-hybridized carbons (Fsp3) is 0.619. The van der Waals surface area contributed by atoms with Crippen LogP contribution in [0.1, 0.15) is 61.0 Å². The first kappa shape index (κ1) is 23.4. The number of benzene rings is 1. The second-order valence-corrected chi connectivity index (χ2v) is 8.43. The van der Waals surface area contributed by atoms with Gasteiger partial charge >= 0.3 is 12.4 Å². The molecule has 0 radical (unpaired) electrons. The normalized spacial score (nSPS) is 29.2. The summed E-state index contributed by atoms with van der Waals surface area (Å²) in [6.07, 6.45) is -7.71. The Morgan fingerprint density at radius 2 is 1.65 bits per heavy atom. The number of alkyl halides is 6. The van der Waals surface area contributed by atoms with Crippen LogP contribution in [0.4, 0.5) is 26.3 Å². The average molecular weight is 450 g/mol. The molecule has 172 valence electrons. The third-order valence-electron chi connectivity index (χ3n) is 6.50. The first-order chi connectivity index (χ1) is 14.3. The molecule has 5 unspecified atom stereocenters. The molecule has 1 saturated carbocycles. The van der Waals surface area contributed by atoms with Gasteiger partial charge in [-0.1, -0.05) is 13.8 Å². The van der Waals surface area contributed by atoms with Crippen LogP contribution in [-0.2, 0) is 17.1 Å². The Morgan fingerprint density at radius 3 is 2.16 bits per heavy atom. The standard InChI is InChI=1S/C21H24F6N2O2/c1-3-15-10(2)16-5-4-14(9-17(16)29-19(15)31)28-18(30)11-6-12(20(22,23)24)8-13(7-11)21(25,26)27/h6-8,10,14-17H,3-5,9H2,1-2H3,(H,28,30)(H,29,31). The molecule has 0 spiro atoms. The highest BCUT2D eigenvalue weighted by molar-refractivity contribution is 5.95. The molecule has 1 aromatic carbocycles. The van der Waals surface area contributed by atoms with Gasteiger partial charge in [0, 0.05) is 23.6 Å². The Morgan fingerprint density at radius 1 is 1.06 bits per heavy atom. The smallest absolute Gasteiger partial charge is 0.353 e. The predicted molar refractivity (Wildman–Crippen MR) is 99.9 cm³/mol. The van der Waals surface area contributed by atoms with Crippen molar-refractivity contribution < 1.29 is 35.9 Å². The number of carbonyl (C=O) groups is 2. The highest BCUT2D eigenvalue weighted by atomic mass is 19.4. The minimum atomic E-state index is -5.02. The molecule has 1 aliphatic carbocycles. The van der Waals surface area contributed by atoms with Crippen LogP contribution in [0.5, 0.6) is 0 Å². The molecule has 1 saturated heterocycles. The van der Waals surface area contributed by atoms with Gasteiger partial charge in [0.15, 0.2) is 0 Å². The summed E-state index contributed by atoms with van der Waals surface area (Å²) in [6.45, 7) is 3.96. The van der Waals surface area contributed by atoms with Crippen molar-refractivity contribution in [2.75, 3.05) is 0 Å². The fourth-order valence-corrected chi connectivity index (χ4v) is 4.86. The third kappa shape index (κ3) is 4.98. The van der Waals surface area contributed by atoms with Gasteiger partial charge in [-0.25, -0.2) is 0 Å². The topological polar surface area (TPSA) is 58.2 Å². The molecule has 3 rings (SSSR count). The number of nitrogens with one attached hydrogen (secondary N) is 2. The zero-order chi connectivity index (χ0) is 23.1. The molecule has 10 heteroatoms. The van der Waals surface area contributed by atoms with Crippen molar-refractivity contribution in [1.82, 2.24) is 10.6 Å². The van der Waals surface area contributed by atoms with Gasteiger partial charge in [-0.2, -0.15) is 26.3 Å². The summed E-state index contributed by atoms with van der Waals surface area (Å²) in [7, 11) is 0. The Kier molecular flexibility index (Phi) is 6.30. The van der Waals surface area contributed by atoms with Gasteiger partial charge in [0.2, 0.25) is 5.91 Å². The Hall–Kier alpha value is -2.26. The lowest BCUT2D eigenvalue weighted by Gasteiger charge is -2.46. The van der Waals surface area contributed by atoms with Gasteiger partial charge < -0.3 is 10.6 Å². The van der Waals surface area contributed by atoms with Crippen LogP contribution in [-0.4, -0.2) is 23.9 Å². The molecule has 0 aromatic heterocycles. The second-order valence-electron chi connectivity index (χ2n) is 8.43. The van der Waals surface area contributed by atoms with Gasteiger partial charge in [0.05, 0.1) is 11.1 Å². The number of halogens is 6. The number of rotatable bonds is 3. The summed E-state index contributed by atoms with van der Waals surface area (Å²) in [4.78, 5) is 24.8. The molecule has 1 aliphatic heterocycles. The van der Waals surface area contributed by atoms with Crippen molar-refractivity contribution in [3.63, 3.8) is 0 Å². The Labute approximate surface area is 175 Å². The number of carbonyl (C=O) groups excluding carboxylic acids is 2. The average Bonchev–Trinajstić information content (AvgIpc) is 2.66. The van der Waals surface area contributed by atoms with Crippen molar-refractivity contribution in [3.8, 4) is 0 Å². The molecule has 1 aromatic rings. The van der Waals surface area contributed by atoms with Crippen molar-refractivity contribution in [2.45, 2.75) is 64.0 Å². The van der Waals surface area contributed by atoms with Gasteiger partial charge in [-0.15, -0.1) is 0 Å². The van der Waals surface area contributed by atoms with Gasteiger partial charge in [-0.3, -0.25) is 9.59 Å². The molecule has 4 nitrogen and oxygen atoms in total. The summed E-state index contributed by atoms with van der Waals surface area (Å²) in [5.41, 5.74) is -3.76. The summed E-state index contributed by atoms with van der Waals surface area (Å²) in [5.74, 6) is -0.754. The van der Waals surface area contributed by atoms with Crippen LogP contribution in [0, 0.1) is 17.8 Å². The lowest BCUT2D eigenvalue weighted by atomic mass is 9.67. The van der Waals surface area contributed by atoms with Crippen LogP contribution in [0.2, 0.25) is 0 Å². The maximum absolute atomic E-state index is 13.0. The Balaban J connectivity index is 1.76. The Bertz CT molecular complexity index is 819. The molecule has 2 fully saturated rings. The molecule has 5 atom stereocenters.